The van der Waals surface area contributed by atoms with Crippen LogP contribution >= 0.6 is 0 Å². The Balaban J connectivity index is 1.49. The van der Waals surface area contributed by atoms with E-state index in [2.05, 4.69) is 29.3 Å². The maximum absolute atomic E-state index is 12.5. The SMILES string of the molecule is C=CCOC(=O)NCCCC[C@H](NC(=O)OCC1c2ccccc2-c2ccccc21)C(=O)OC. The fourth-order valence-electron chi connectivity index (χ4n) is 4.02. The summed E-state index contributed by atoms with van der Waals surface area (Å²) in [4.78, 5) is 36.0. The van der Waals surface area contributed by atoms with Crippen LogP contribution in [0.2, 0.25) is 0 Å². The van der Waals surface area contributed by atoms with Crippen molar-refractivity contribution < 1.29 is 28.6 Å². The van der Waals surface area contributed by atoms with Crippen LogP contribution in [0.25, 0.3) is 11.1 Å². The van der Waals surface area contributed by atoms with Crippen molar-refractivity contribution in [2.75, 3.05) is 26.9 Å². The number of unbranched alkanes of at least 4 members (excludes halogenated alkanes) is 1. The fraction of sp³-hybridized carbons (Fsp3) is 0.346. The Hall–Kier alpha value is -3.81. The van der Waals surface area contributed by atoms with Crippen LogP contribution < -0.4 is 10.6 Å². The summed E-state index contributed by atoms with van der Waals surface area (Å²) < 4.78 is 15.2. The number of nitrogens with one attached hydrogen (secondary N) is 2. The lowest BCUT2D eigenvalue weighted by Gasteiger charge is -2.18. The van der Waals surface area contributed by atoms with Gasteiger partial charge in [0.15, 0.2) is 0 Å². The van der Waals surface area contributed by atoms with Crippen LogP contribution in [0.4, 0.5) is 9.59 Å². The molecule has 8 nitrogen and oxygen atoms in total. The third kappa shape index (κ3) is 6.37. The largest absolute Gasteiger partial charge is 0.467 e. The molecule has 0 radical (unpaired) electrons. The molecule has 0 saturated heterocycles. The molecule has 0 fully saturated rings. The van der Waals surface area contributed by atoms with Gasteiger partial charge in [0, 0.05) is 12.5 Å². The van der Waals surface area contributed by atoms with Gasteiger partial charge in [-0.15, -0.1) is 0 Å². The van der Waals surface area contributed by atoms with Crippen molar-refractivity contribution in [1.82, 2.24) is 10.6 Å². The second-order valence-corrected chi connectivity index (χ2v) is 7.86. The van der Waals surface area contributed by atoms with Crippen LogP contribution in [-0.4, -0.2) is 51.1 Å². The van der Waals surface area contributed by atoms with Crippen LogP contribution in [0.3, 0.4) is 0 Å². The fourth-order valence-corrected chi connectivity index (χ4v) is 4.02. The number of alkyl carbamates (subject to hydrolysis) is 2. The number of carbonyl (C=O) groups is 3. The molecule has 8 heteroatoms. The van der Waals surface area contributed by atoms with E-state index < -0.39 is 24.2 Å². The van der Waals surface area contributed by atoms with Crippen molar-refractivity contribution >= 4 is 18.2 Å². The van der Waals surface area contributed by atoms with Gasteiger partial charge in [-0.1, -0.05) is 61.2 Å². The molecular weight excluding hydrogens is 436 g/mol. The van der Waals surface area contributed by atoms with Crippen LogP contribution in [0.15, 0.2) is 61.2 Å². The predicted molar refractivity (Wildman–Crippen MR) is 127 cm³/mol. The van der Waals surface area contributed by atoms with Gasteiger partial charge < -0.3 is 24.8 Å². The zero-order valence-corrected chi connectivity index (χ0v) is 19.3. The number of fused-ring (bicyclic) bond motifs is 3. The highest BCUT2D eigenvalue weighted by molar-refractivity contribution is 5.82. The first-order valence-corrected chi connectivity index (χ1v) is 11.3. The second kappa shape index (κ2) is 12.4. The van der Waals surface area contributed by atoms with E-state index in [0.717, 1.165) is 22.3 Å². The molecule has 2 aromatic rings. The first-order valence-electron chi connectivity index (χ1n) is 11.3. The highest BCUT2D eigenvalue weighted by Crippen LogP contribution is 2.44. The summed E-state index contributed by atoms with van der Waals surface area (Å²) in [6, 6.07) is 15.3. The molecule has 0 aromatic heterocycles. The average Bonchev–Trinajstić information content (AvgIpc) is 3.18. The van der Waals surface area contributed by atoms with Crippen LogP contribution in [0.5, 0.6) is 0 Å². The molecule has 0 spiro atoms. The quantitative estimate of drug-likeness (QED) is 0.223. The summed E-state index contributed by atoms with van der Waals surface area (Å²) in [5.41, 5.74) is 4.50. The van der Waals surface area contributed by atoms with Gasteiger partial charge in [-0.2, -0.15) is 0 Å². The summed E-state index contributed by atoms with van der Waals surface area (Å²) in [5, 5.41) is 5.21. The minimum Gasteiger partial charge on any atom is -0.467 e. The standard InChI is InChI=1S/C26H30N2O6/c1-3-16-33-25(30)27-15-9-8-14-23(24(29)32-2)28-26(31)34-17-22-20-12-6-4-10-18(20)19-11-5-7-13-21(19)22/h3-7,10-13,22-23H,1,8-9,14-17H2,2H3,(H,27,30)(H,28,31)/t23-/m0/s1. The number of hydrogen-bond donors (Lipinski definition) is 2. The van der Waals surface area contributed by atoms with E-state index in [1.807, 2.05) is 36.4 Å². The summed E-state index contributed by atoms with van der Waals surface area (Å²) >= 11 is 0. The molecule has 2 N–H and O–H groups in total. The zero-order chi connectivity index (χ0) is 24.3. The maximum Gasteiger partial charge on any atom is 0.407 e. The molecule has 0 aliphatic heterocycles. The highest BCUT2D eigenvalue weighted by Gasteiger charge is 2.29. The van der Waals surface area contributed by atoms with Gasteiger partial charge in [0.2, 0.25) is 0 Å². The molecule has 2 aromatic carbocycles. The molecule has 34 heavy (non-hydrogen) atoms. The van der Waals surface area contributed by atoms with Gasteiger partial charge in [-0.25, -0.2) is 14.4 Å². The predicted octanol–water partition coefficient (Wildman–Crippen LogP) is 4.15. The van der Waals surface area contributed by atoms with Crippen molar-refractivity contribution in [2.24, 2.45) is 0 Å². The Labute approximate surface area is 199 Å². The number of benzene rings is 2. The molecule has 1 atom stereocenters. The van der Waals surface area contributed by atoms with E-state index in [4.69, 9.17) is 14.2 Å². The van der Waals surface area contributed by atoms with E-state index in [0.29, 0.717) is 25.8 Å². The van der Waals surface area contributed by atoms with Crippen LogP contribution in [0, 0.1) is 0 Å². The van der Waals surface area contributed by atoms with Crippen LogP contribution in [0.1, 0.15) is 36.3 Å². The Bertz CT molecular complexity index is 976. The summed E-state index contributed by atoms with van der Waals surface area (Å²) in [6.45, 7) is 4.15. The number of hydrogen-bond acceptors (Lipinski definition) is 6. The maximum atomic E-state index is 12.5. The van der Waals surface area contributed by atoms with Crippen molar-refractivity contribution in [3.8, 4) is 11.1 Å². The summed E-state index contributed by atoms with van der Waals surface area (Å²) in [7, 11) is 1.27. The lowest BCUT2D eigenvalue weighted by molar-refractivity contribution is -0.143. The monoisotopic (exact) mass is 466 g/mol. The highest BCUT2D eigenvalue weighted by atomic mass is 16.6. The lowest BCUT2D eigenvalue weighted by atomic mass is 9.98. The van der Waals surface area contributed by atoms with Crippen molar-refractivity contribution in [1.29, 1.82) is 0 Å². The molecule has 0 saturated carbocycles. The van der Waals surface area contributed by atoms with Crippen molar-refractivity contribution in [2.45, 2.75) is 31.2 Å². The lowest BCUT2D eigenvalue weighted by Crippen LogP contribution is -2.42. The Morgan fingerprint density at radius 1 is 0.971 bits per heavy atom. The average molecular weight is 467 g/mol. The number of esters is 1. The topological polar surface area (TPSA) is 103 Å². The minimum absolute atomic E-state index is 0.0679. The van der Waals surface area contributed by atoms with Gasteiger partial charge >= 0.3 is 18.2 Å². The molecular formula is C26H30N2O6. The first kappa shape index (κ1) is 24.8. The number of methoxy groups -OCH3 is 1. The smallest absolute Gasteiger partial charge is 0.407 e. The summed E-state index contributed by atoms with van der Waals surface area (Å²) in [6.07, 6.45) is 1.80. The molecule has 0 heterocycles. The van der Waals surface area contributed by atoms with Crippen molar-refractivity contribution in [3.63, 3.8) is 0 Å². The summed E-state index contributed by atoms with van der Waals surface area (Å²) in [5.74, 6) is -0.617. The number of amides is 2. The molecule has 3 rings (SSSR count). The van der Waals surface area contributed by atoms with Gasteiger partial charge in [0.25, 0.3) is 0 Å². The van der Waals surface area contributed by atoms with Crippen molar-refractivity contribution in [3.05, 3.63) is 72.3 Å². The molecule has 0 unspecified atom stereocenters. The van der Waals surface area contributed by atoms with Crippen LogP contribution in [-0.2, 0) is 19.0 Å². The van der Waals surface area contributed by atoms with E-state index in [-0.39, 0.29) is 19.1 Å². The molecule has 1 aliphatic rings. The number of carbonyl (C=O) groups excluding carboxylic acids is 3. The van der Waals surface area contributed by atoms with Gasteiger partial charge in [-0.3, -0.25) is 0 Å². The Morgan fingerprint density at radius 3 is 2.24 bits per heavy atom. The third-order valence-corrected chi connectivity index (χ3v) is 5.64. The Kier molecular flexibility index (Phi) is 9.08. The zero-order valence-electron chi connectivity index (χ0n) is 19.3. The molecule has 2 amide bonds. The van der Waals surface area contributed by atoms with E-state index in [1.165, 1.54) is 13.2 Å². The molecule has 0 bridgehead atoms. The first-order chi connectivity index (χ1) is 16.5. The second-order valence-electron chi connectivity index (χ2n) is 7.86. The van der Waals surface area contributed by atoms with Gasteiger partial charge in [0.1, 0.15) is 19.3 Å². The van der Waals surface area contributed by atoms with E-state index >= 15 is 0 Å². The Morgan fingerprint density at radius 2 is 1.62 bits per heavy atom. The van der Waals surface area contributed by atoms with E-state index in [9.17, 15) is 14.4 Å². The van der Waals surface area contributed by atoms with E-state index in [1.54, 1.807) is 0 Å². The molecule has 1 aliphatic carbocycles. The third-order valence-electron chi connectivity index (χ3n) is 5.64. The minimum atomic E-state index is -0.839. The number of ether oxygens (including phenoxy) is 3. The van der Waals surface area contributed by atoms with Gasteiger partial charge in [-0.05, 0) is 41.5 Å². The molecule has 180 valence electrons. The number of rotatable bonds is 11. The van der Waals surface area contributed by atoms with Gasteiger partial charge in [0.05, 0.1) is 7.11 Å². The normalized spacial score (nSPS) is 12.6.